The smallest absolute Gasteiger partial charge is 0.169 e. The number of nitrogens with zero attached hydrogens (tertiary/aromatic N) is 1. The Kier molecular flexibility index (Phi) is 4.43. The second-order valence-electron chi connectivity index (χ2n) is 3.65. The number of halogens is 1. The minimum atomic E-state index is -3.41. The lowest BCUT2D eigenvalue weighted by atomic mass is 9.97. The van der Waals surface area contributed by atoms with Crippen LogP contribution in [0.4, 0.5) is 0 Å². The second kappa shape index (κ2) is 5.43. The lowest BCUT2D eigenvalue weighted by Gasteiger charge is -2.08. The van der Waals surface area contributed by atoms with Crippen LogP contribution in [0, 0.1) is 11.3 Å². The van der Waals surface area contributed by atoms with E-state index in [0.29, 0.717) is 5.56 Å². The molecule has 1 rings (SSSR count). The van der Waals surface area contributed by atoms with Crippen LogP contribution in [0.15, 0.2) is 28.7 Å². The van der Waals surface area contributed by atoms with Crippen molar-refractivity contribution in [2.45, 2.75) is 5.92 Å². The number of sulfone groups is 1. The maximum absolute atomic E-state index is 11.7. The lowest BCUT2D eigenvalue weighted by molar-refractivity contribution is -0.116. The predicted molar refractivity (Wildman–Crippen MR) is 67.2 cm³/mol. The average Bonchev–Trinajstić information content (AvgIpc) is 2.15. The molecule has 0 N–H and O–H groups in total. The highest BCUT2D eigenvalue weighted by atomic mass is 79.9. The predicted octanol–water partition coefficient (Wildman–Crippen LogP) is 1.67. The van der Waals surface area contributed by atoms with Crippen molar-refractivity contribution in [3.63, 3.8) is 0 Å². The molecule has 6 heteroatoms. The summed E-state index contributed by atoms with van der Waals surface area (Å²) >= 11 is 3.23. The van der Waals surface area contributed by atoms with Gasteiger partial charge in [-0.15, -0.1) is 0 Å². The highest BCUT2D eigenvalue weighted by molar-refractivity contribution is 9.10. The van der Waals surface area contributed by atoms with Gasteiger partial charge in [-0.2, -0.15) is 5.26 Å². The van der Waals surface area contributed by atoms with Crippen LogP contribution in [-0.2, 0) is 14.6 Å². The van der Waals surface area contributed by atoms with E-state index in [1.54, 1.807) is 24.3 Å². The largest absolute Gasteiger partial charge is 0.297 e. The molecule has 0 saturated heterocycles. The van der Waals surface area contributed by atoms with E-state index in [2.05, 4.69) is 15.9 Å². The number of carbonyl (C=O) groups excluding carboxylic acids is 1. The summed E-state index contributed by atoms with van der Waals surface area (Å²) < 4.78 is 22.8. The third kappa shape index (κ3) is 4.29. The van der Waals surface area contributed by atoms with Gasteiger partial charge >= 0.3 is 0 Å². The van der Waals surface area contributed by atoms with Gasteiger partial charge in [-0.25, -0.2) is 8.42 Å². The van der Waals surface area contributed by atoms with Crippen LogP contribution in [0.3, 0.4) is 0 Å². The highest BCUT2D eigenvalue weighted by Gasteiger charge is 2.23. The van der Waals surface area contributed by atoms with E-state index in [-0.39, 0.29) is 0 Å². The molecule has 1 aromatic carbocycles. The van der Waals surface area contributed by atoms with Gasteiger partial charge in [-0.1, -0.05) is 28.1 Å². The third-order valence-electron chi connectivity index (χ3n) is 2.04. The quantitative estimate of drug-likeness (QED) is 0.847. The summed E-state index contributed by atoms with van der Waals surface area (Å²) in [5.41, 5.74) is 0.496. The first-order chi connectivity index (χ1) is 7.83. The molecule has 0 aromatic heterocycles. The minimum absolute atomic E-state index is 0.496. The van der Waals surface area contributed by atoms with Crippen LogP contribution in [0.5, 0.6) is 0 Å². The molecule has 0 bridgehead atoms. The number of carbonyl (C=O) groups is 1. The standard InChI is InChI=1S/C11H10BrNO3S/c1-17(15,16)7-11(14)10(6-13)8-3-2-4-9(12)5-8/h2-5,10H,7H2,1H3. The Morgan fingerprint density at radius 1 is 1.53 bits per heavy atom. The lowest BCUT2D eigenvalue weighted by Crippen LogP contribution is -2.20. The fourth-order valence-electron chi connectivity index (χ4n) is 1.36. The van der Waals surface area contributed by atoms with Crippen molar-refractivity contribution in [2.24, 2.45) is 0 Å². The Morgan fingerprint density at radius 3 is 2.65 bits per heavy atom. The molecule has 0 aliphatic heterocycles. The second-order valence-corrected chi connectivity index (χ2v) is 6.71. The molecule has 1 atom stereocenters. The Hall–Kier alpha value is -1.19. The van der Waals surface area contributed by atoms with Gasteiger partial charge < -0.3 is 0 Å². The van der Waals surface area contributed by atoms with Gasteiger partial charge in [-0.3, -0.25) is 4.79 Å². The maximum Gasteiger partial charge on any atom is 0.169 e. The summed E-state index contributed by atoms with van der Waals surface area (Å²) in [6.07, 6.45) is 0.972. The van der Waals surface area contributed by atoms with E-state index >= 15 is 0 Å². The van der Waals surface area contributed by atoms with Crippen molar-refractivity contribution in [2.75, 3.05) is 12.0 Å². The Labute approximate surface area is 108 Å². The highest BCUT2D eigenvalue weighted by Crippen LogP contribution is 2.20. The summed E-state index contributed by atoms with van der Waals surface area (Å²) in [4.78, 5) is 11.7. The summed E-state index contributed by atoms with van der Waals surface area (Å²) in [7, 11) is -3.41. The van der Waals surface area contributed by atoms with Crippen LogP contribution >= 0.6 is 15.9 Å². The Bertz CT molecular complexity index is 575. The number of nitriles is 1. The molecular formula is C11H10BrNO3S. The van der Waals surface area contributed by atoms with Gasteiger partial charge in [0, 0.05) is 10.7 Å². The monoisotopic (exact) mass is 315 g/mol. The molecule has 0 aliphatic carbocycles. The number of hydrogen-bond donors (Lipinski definition) is 0. The molecule has 90 valence electrons. The van der Waals surface area contributed by atoms with E-state index in [1.165, 1.54) is 0 Å². The Morgan fingerprint density at radius 2 is 2.18 bits per heavy atom. The normalized spacial score (nSPS) is 12.8. The van der Waals surface area contributed by atoms with Crippen molar-refractivity contribution in [1.82, 2.24) is 0 Å². The van der Waals surface area contributed by atoms with Crippen molar-refractivity contribution in [1.29, 1.82) is 5.26 Å². The molecule has 0 aliphatic rings. The van der Waals surface area contributed by atoms with Gasteiger partial charge in [-0.05, 0) is 17.7 Å². The Balaban J connectivity index is 3.02. The topological polar surface area (TPSA) is 75.0 Å². The summed E-state index contributed by atoms with van der Waals surface area (Å²) in [5, 5.41) is 8.96. The van der Waals surface area contributed by atoms with Crippen LogP contribution in [0.25, 0.3) is 0 Å². The van der Waals surface area contributed by atoms with Crippen molar-refractivity contribution in [3.8, 4) is 6.07 Å². The average molecular weight is 316 g/mol. The molecule has 0 fully saturated rings. The van der Waals surface area contributed by atoms with Crippen LogP contribution in [0.1, 0.15) is 11.5 Å². The maximum atomic E-state index is 11.7. The molecular weight excluding hydrogens is 306 g/mol. The van der Waals surface area contributed by atoms with Crippen molar-refractivity contribution >= 4 is 31.6 Å². The van der Waals surface area contributed by atoms with Crippen molar-refractivity contribution in [3.05, 3.63) is 34.3 Å². The molecule has 4 nitrogen and oxygen atoms in total. The van der Waals surface area contributed by atoms with E-state index in [9.17, 15) is 13.2 Å². The number of Topliss-reactive ketones (excluding diaryl/α,β-unsaturated/α-hetero) is 1. The van der Waals surface area contributed by atoms with Gasteiger partial charge in [0.25, 0.3) is 0 Å². The number of benzene rings is 1. The molecule has 0 heterocycles. The van der Waals surface area contributed by atoms with E-state index < -0.39 is 27.3 Å². The molecule has 1 unspecified atom stereocenters. The zero-order chi connectivity index (χ0) is 13.1. The number of rotatable bonds is 4. The summed E-state index contributed by atoms with van der Waals surface area (Å²) in [6, 6.07) is 8.54. The van der Waals surface area contributed by atoms with Crippen molar-refractivity contribution < 1.29 is 13.2 Å². The molecule has 0 radical (unpaired) electrons. The van der Waals surface area contributed by atoms with Gasteiger partial charge in [0.1, 0.15) is 11.7 Å². The molecule has 0 spiro atoms. The molecule has 0 amide bonds. The first-order valence-electron chi connectivity index (χ1n) is 4.69. The zero-order valence-electron chi connectivity index (χ0n) is 9.05. The first kappa shape index (κ1) is 13.9. The SMILES string of the molecule is CS(=O)(=O)CC(=O)C(C#N)c1cccc(Br)c1. The number of ketones is 1. The van der Waals surface area contributed by atoms with E-state index in [4.69, 9.17) is 5.26 Å². The van der Waals surface area contributed by atoms with Gasteiger partial charge in [0.15, 0.2) is 15.6 Å². The minimum Gasteiger partial charge on any atom is -0.297 e. The van der Waals surface area contributed by atoms with E-state index in [0.717, 1.165) is 10.7 Å². The van der Waals surface area contributed by atoms with Crippen LogP contribution in [0.2, 0.25) is 0 Å². The van der Waals surface area contributed by atoms with E-state index in [1.807, 2.05) is 6.07 Å². The first-order valence-corrected chi connectivity index (χ1v) is 7.54. The van der Waals surface area contributed by atoms with Crippen LogP contribution in [-0.4, -0.2) is 26.2 Å². The van der Waals surface area contributed by atoms with Gasteiger partial charge in [0.2, 0.25) is 0 Å². The fourth-order valence-corrected chi connectivity index (χ4v) is 2.46. The molecule has 0 saturated carbocycles. The summed E-state index contributed by atoms with van der Waals surface area (Å²) in [5.74, 6) is -2.26. The van der Waals surface area contributed by atoms with Gasteiger partial charge in [0.05, 0.1) is 6.07 Å². The third-order valence-corrected chi connectivity index (χ3v) is 3.34. The zero-order valence-corrected chi connectivity index (χ0v) is 11.5. The van der Waals surface area contributed by atoms with Crippen LogP contribution < -0.4 is 0 Å². The number of hydrogen-bond acceptors (Lipinski definition) is 4. The fraction of sp³-hybridized carbons (Fsp3) is 0.273. The molecule has 17 heavy (non-hydrogen) atoms. The summed E-state index contributed by atoms with van der Waals surface area (Å²) in [6.45, 7) is 0. The molecule has 1 aromatic rings.